The molecular weight excluding hydrogens is 184 g/mol. The third kappa shape index (κ3) is 2.56. The molecule has 1 atom stereocenters. The van der Waals surface area contributed by atoms with Gasteiger partial charge in [-0.15, -0.1) is 0 Å². The average Bonchev–Trinajstić information content (AvgIpc) is 2.31. The van der Waals surface area contributed by atoms with Crippen LogP contribution in [0.5, 0.6) is 0 Å². The smallest absolute Gasteiger partial charge is 0.125 e. The minimum absolute atomic E-state index is 0.253. The molecule has 1 aromatic rings. The Balaban J connectivity index is 1.98. The van der Waals surface area contributed by atoms with Gasteiger partial charge in [-0.3, -0.25) is 5.41 Å². The SMILES string of the molecule is N=C(NC1C=CC=CC1)c1ccccc1. The number of benzene rings is 1. The molecule has 1 aromatic carbocycles. The summed E-state index contributed by atoms with van der Waals surface area (Å²) in [7, 11) is 0. The Morgan fingerprint density at radius 3 is 2.67 bits per heavy atom. The maximum atomic E-state index is 7.90. The minimum atomic E-state index is 0.253. The molecule has 1 unspecified atom stereocenters. The lowest BCUT2D eigenvalue weighted by Gasteiger charge is -2.17. The van der Waals surface area contributed by atoms with Crippen LogP contribution in [-0.4, -0.2) is 11.9 Å². The van der Waals surface area contributed by atoms with Gasteiger partial charge in [-0.25, -0.2) is 0 Å². The van der Waals surface area contributed by atoms with Crippen molar-refractivity contribution in [3.63, 3.8) is 0 Å². The van der Waals surface area contributed by atoms with Gasteiger partial charge in [-0.1, -0.05) is 54.6 Å². The Kier molecular flexibility index (Phi) is 2.98. The van der Waals surface area contributed by atoms with Crippen molar-refractivity contribution >= 4 is 5.84 Å². The van der Waals surface area contributed by atoms with Crippen LogP contribution in [0.2, 0.25) is 0 Å². The predicted octanol–water partition coefficient (Wildman–Crippen LogP) is 2.49. The van der Waals surface area contributed by atoms with Crippen LogP contribution in [0.25, 0.3) is 0 Å². The second-order valence-electron chi connectivity index (χ2n) is 3.54. The van der Waals surface area contributed by atoms with E-state index in [0.717, 1.165) is 12.0 Å². The lowest BCUT2D eigenvalue weighted by molar-refractivity contribution is 0.731. The van der Waals surface area contributed by atoms with E-state index in [9.17, 15) is 0 Å². The molecule has 0 fully saturated rings. The van der Waals surface area contributed by atoms with Gasteiger partial charge in [0.25, 0.3) is 0 Å². The third-order valence-electron chi connectivity index (χ3n) is 2.37. The molecule has 15 heavy (non-hydrogen) atoms. The largest absolute Gasteiger partial charge is 0.364 e. The second kappa shape index (κ2) is 4.60. The van der Waals surface area contributed by atoms with Crippen molar-refractivity contribution in [2.24, 2.45) is 0 Å². The Hall–Kier alpha value is -1.83. The number of allylic oxidation sites excluding steroid dienone is 2. The van der Waals surface area contributed by atoms with E-state index in [1.807, 2.05) is 42.5 Å². The summed E-state index contributed by atoms with van der Waals surface area (Å²) in [6.07, 6.45) is 9.18. The number of amidine groups is 1. The molecule has 0 aliphatic heterocycles. The van der Waals surface area contributed by atoms with Crippen LogP contribution in [-0.2, 0) is 0 Å². The monoisotopic (exact) mass is 198 g/mol. The number of rotatable bonds is 2. The van der Waals surface area contributed by atoms with Gasteiger partial charge in [-0.2, -0.15) is 0 Å². The quantitative estimate of drug-likeness (QED) is 0.556. The summed E-state index contributed by atoms with van der Waals surface area (Å²) < 4.78 is 0. The van der Waals surface area contributed by atoms with Crippen LogP contribution in [0.1, 0.15) is 12.0 Å². The Morgan fingerprint density at radius 1 is 1.20 bits per heavy atom. The van der Waals surface area contributed by atoms with Gasteiger partial charge in [0.2, 0.25) is 0 Å². The van der Waals surface area contributed by atoms with Crippen LogP contribution in [0.15, 0.2) is 54.6 Å². The molecule has 0 saturated heterocycles. The Bertz CT molecular complexity index is 390. The van der Waals surface area contributed by atoms with Gasteiger partial charge in [0.15, 0.2) is 0 Å². The topological polar surface area (TPSA) is 35.9 Å². The fraction of sp³-hybridized carbons (Fsp3) is 0.154. The summed E-state index contributed by atoms with van der Waals surface area (Å²) in [5.41, 5.74) is 0.931. The fourth-order valence-corrected chi connectivity index (χ4v) is 1.56. The first-order valence-corrected chi connectivity index (χ1v) is 5.10. The maximum Gasteiger partial charge on any atom is 0.125 e. The van der Waals surface area contributed by atoms with Crippen molar-refractivity contribution in [3.8, 4) is 0 Å². The van der Waals surface area contributed by atoms with Crippen molar-refractivity contribution in [1.82, 2.24) is 5.32 Å². The molecule has 2 nitrogen and oxygen atoms in total. The summed E-state index contributed by atoms with van der Waals surface area (Å²) in [6, 6.07) is 9.99. The van der Waals surface area contributed by atoms with Crippen LogP contribution in [0, 0.1) is 5.41 Å². The molecule has 0 spiro atoms. The first-order chi connectivity index (χ1) is 7.36. The summed E-state index contributed by atoms with van der Waals surface area (Å²) >= 11 is 0. The highest BCUT2D eigenvalue weighted by molar-refractivity contribution is 5.96. The van der Waals surface area contributed by atoms with Crippen molar-refractivity contribution in [1.29, 1.82) is 5.41 Å². The molecule has 0 heterocycles. The molecule has 2 N–H and O–H groups in total. The molecular formula is C13H14N2. The summed E-state index contributed by atoms with van der Waals surface area (Å²) in [5.74, 6) is 0.487. The summed E-state index contributed by atoms with van der Waals surface area (Å²) in [6.45, 7) is 0. The molecule has 1 aliphatic rings. The highest BCUT2D eigenvalue weighted by Crippen LogP contribution is 2.05. The number of hydrogen-bond acceptors (Lipinski definition) is 1. The van der Waals surface area contributed by atoms with E-state index in [-0.39, 0.29) is 6.04 Å². The molecule has 0 radical (unpaired) electrons. The molecule has 2 heteroatoms. The van der Waals surface area contributed by atoms with E-state index in [2.05, 4.69) is 17.5 Å². The summed E-state index contributed by atoms with van der Waals surface area (Å²) in [4.78, 5) is 0. The Morgan fingerprint density at radius 2 is 2.00 bits per heavy atom. The predicted molar refractivity (Wildman–Crippen MR) is 63.1 cm³/mol. The van der Waals surface area contributed by atoms with E-state index in [1.165, 1.54) is 0 Å². The fourth-order valence-electron chi connectivity index (χ4n) is 1.56. The van der Waals surface area contributed by atoms with E-state index < -0.39 is 0 Å². The van der Waals surface area contributed by atoms with Crippen LogP contribution in [0.3, 0.4) is 0 Å². The van der Waals surface area contributed by atoms with Crippen LogP contribution in [0.4, 0.5) is 0 Å². The normalized spacial score (nSPS) is 18.8. The standard InChI is InChI=1S/C13H14N2/c14-13(11-7-3-1-4-8-11)15-12-9-5-2-6-10-12/h1-9,12H,10H2,(H2,14,15). The first-order valence-electron chi connectivity index (χ1n) is 5.10. The highest BCUT2D eigenvalue weighted by Gasteiger charge is 2.07. The zero-order valence-electron chi connectivity index (χ0n) is 8.48. The van der Waals surface area contributed by atoms with E-state index >= 15 is 0 Å². The number of nitrogens with one attached hydrogen (secondary N) is 2. The van der Waals surface area contributed by atoms with Crippen LogP contribution >= 0.6 is 0 Å². The molecule has 2 rings (SSSR count). The third-order valence-corrected chi connectivity index (χ3v) is 2.37. The van der Waals surface area contributed by atoms with Gasteiger partial charge in [0.1, 0.15) is 5.84 Å². The molecule has 1 aliphatic carbocycles. The summed E-state index contributed by atoms with van der Waals surface area (Å²) in [5, 5.41) is 11.1. The van der Waals surface area contributed by atoms with Crippen molar-refractivity contribution in [3.05, 3.63) is 60.2 Å². The van der Waals surface area contributed by atoms with E-state index in [4.69, 9.17) is 5.41 Å². The van der Waals surface area contributed by atoms with Crippen LogP contribution < -0.4 is 5.32 Å². The lowest BCUT2D eigenvalue weighted by Crippen LogP contribution is -2.33. The molecule has 0 amide bonds. The minimum Gasteiger partial charge on any atom is -0.364 e. The molecule has 0 saturated carbocycles. The van der Waals surface area contributed by atoms with Gasteiger partial charge < -0.3 is 5.32 Å². The zero-order valence-corrected chi connectivity index (χ0v) is 8.48. The molecule has 0 aromatic heterocycles. The van der Waals surface area contributed by atoms with Gasteiger partial charge in [-0.05, 0) is 6.42 Å². The second-order valence-corrected chi connectivity index (χ2v) is 3.54. The van der Waals surface area contributed by atoms with E-state index in [1.54, 1.807) is 0 Å². The van der Waals surface area contributed by atoms with Crippen molar-refractivity contribution in [2.45, 2.75) is 12.5 Å². The van der Waals surface area contributed by atoms with Gasteiger partial charge >= 0.3 is 0 Å². The zero-order chi connectivity index (χ0) is 10.5. The highest BCUT2D eigenvalue weighted by atomic mass is 15.0. The molecule has 0 bridgehead atoms. The maximum absolute atomic E-state index is 7.90. The number of hydrogen-bond donors (Lipinski definition) is 2. The molecule has 76 valence electrons. The van der Waals surface area contributed by atoms with Gasteiger partial charge in [0, 0.05) is 11.6 Å². The first kappa shape index (κ1) is 9.71. The lowest BCUT2D eigenvalue weighted by atomic mass is 10.1. The van der Waals surface area contributed by atoms with E-state index in [0.29, 0.717) is 5.84 Å². The van der Waals surface area contributed by atoms with Crippen molar-refractivity contribution < 1.29 is 0 Å². The van der Waals surface area contributed by atoms with Crippen molar-refractivity contribution in [2.75, 3.05) is 0 Å². The van der Waals surface area contributed by atoms with Gasteiger partial charge in [0.05, 0.1) is 0 Å². The Labute approximate surface area is 89.8 Å². The average molecular weight is 198 g/mol.